The van der Waals surface area contributed by atoms with Crippen molar-refractivity contribution in [2.45, 2.75) is 31.2 Å². The fourth-order valence-corrected chi connectivity index (χ4v) is 5.77. The smallest absolute Gasteiger partial charge is 0.258 e. The molecule has 2 N–H and O–H groups in total. The molecule has 1 amide bonds. The number of hydrogen-bond donors (Lipinski definition) is 2. The van der Waals surface area contributed by atoms with Gasteiger partial charge < -0.3 is 15.0 Å². The van der Waals surface area contributed by atoms with Crippen LogP contribution in [0.5, 0.6) is 5.75 Å². The van der Waals surface area contributed by atoms with Gasteiger partial charge in [-0.15, -0.1) is 0 Å². The maximum Gasteiger partial charge on any atom is 0.258 e. The van der Waals surface area contributed by atoms with Crippen molar-refractivity contribution in [1.82, 2.24) is 19.2 Å². The molecule has 1 saturated heterocycles. The number of sulfonamides is 1. The van der Waals surface area contributed by atoms with Crippen LogP contribution >= 0.6 is 0 Å². The highest BCUT2D eigenvalue weighted by atomic mass is 32.2. The van der Waals surface area contributed by atoms with E-state index in [0.717, 1.165) is 12.8 Å². The summed E-state index contributed by atoms with van der Waals surface area (Å²) in [5, 5.41) is 3.27. The normalized spacial score (nSPS) is 14.5. The lowest BCUT2D eigenvalue weighted by atomic mass is 10.2. The number of para-hydroxylation sites is 1. The number of aromatic amines is 1. The fraction of sp³-hybridized carbons (Fsp3) is 0.375. The van der Waals surface area contributed by atoms with E-state index in [1.54, 1.807) is 49.2 Å². The molecule has 2 heterocycles. The Hall–Kier alpha value is -3.28. The molecule has 1 fully saturated rings. The van der Waals surface area contributed by atoms with Crippen LogP contribution in [-0.4, -0.2) is 66.8 Å². The number of H-pyrrole nitrogens is 1. The van der Waals surface area contributed by atoms with Gasteiger partial charge in [-0.1, -0.05) is 12.1 Å². The molecule has 35 heavy (non-hydrogen) atoms. The van der Waals surface area contributed by atoms with Crippen molar-refractivity contribution < 1.29 is 17.9 Å². The second-order valence-corrected chi connectivity index (χ2v) is 10.4. The maximum atomic E-state index is 13.2. The van der Waals surface area contributed by atoms with Crippen LogP contribution in [0.2, 0.25) is 0 Å². The van der Waals surface area contributed by atoms with Crippen molar-refractivity contribution in [2.24, 2.45) is 0 Å². The second-order valence-electron chi connectivity index (χ2n) is 8.46. The van der Waals surface area contributed by atoms with Crippen molar-refractivity contribution >= 4 is 32.5 Å². The summed E-state index contributed by atoms with van der Waals surface area (Å²) in [5.41, 5.74) is 0.719. The zero-order chi connectivity index (χ0) is 25.0. The average Bonchev–Trinajstić information content (AvgIpc) is 3.36. The number of hydrogen-bond acceptors (Lipinski definition) is 7. The molecular formula is C24H29N5O5S. The first-order chi connectivity index (χ1) is 16.8. The molecule has 4 rings (SSSR count). The van der Waals surface area contributed by atoms with E-state index < -0.39 is 10.0 Å². The number of carbonyl (C=O) groups is 1. The molecule has 0 unspecified atom stereocenters. The Labute approximate surface area is 204 Å². The molecule has 10 nitrogen and oxygen atoms in total. The molecular weight excluding hydrogens is 470 g/mol. The predicted octanol–water partition coefficient (Wildman–Crippen LogP) is 2.18. The molecule has 2 aromatic carbocycles. The molecule has 1 aromatic heterocycles. The Morgan fingerprint density at radius 1 is 1.20 bits per heavy atom. The van der Waals surface area contributed by atoms with Gasteiger partial charge in [0.2, 0.25) is 15.9 Å². The Morgan fingerprint density at radius 2 is 1.94 bits per heavy atom. The summed E-state index contributed by atoms with van der Waals surface area (Å²) in [6.45, 7) is 3.32. The summed E-state index contributed by atoms with van der Waals surface area (Å²) in [6, 6.07) is 11.7. The molecule has 1 aliphatic rings. The van der Waals surface area contributed by atoms with Gasteiger partial charge in [-0.3, -0.25) is 14.5 Å². The Morgan fingerprint density at radius 3 is 2.69 bits per heavy atom. The summed E-state index contributed by atoms with van der Waals surface area (Å²) in [7, 11) is -2.00. The number of rotatable bonds is 9. The van der Waals surface area contributed by atoms with E-state index in [9.17, 15) is 18.0 Å². The van der Waals surface area contributed by atoms with Crippen LogP contribution in [0.3, 0.4) is 0 Å². The maximum absolute atomic E-state index is 13.2. The number of nitrogens with one attached hydrogen (secondary N) is 2. The third kappa shape index (κ3) is 5.69. The summed E-state index contributed by atoms with van der Waals surface area (Å²) in [5.74, 6) is 0.384. The number of carbonyl (C=O) groups excluding carboxylic acids is 1. The van der Waals surface area contributed by atoms with E-state index in [0.29, 0.717) is 42.1 Å². The fourth-order valence-electron chi connectivity index (χ4n) is 4.10. The van der Waals surface area contributed by atoms with Crippen LogP contribution in [0, 0.1) is 0 Å². The highest BCUT2D eigenvalue weighted by Crippen LogP contribution is 2.31. The van der Waals surface area contributed by atoms with E-state index in [-0.39, 0.29) is 35.2 Å². The van der Waals surface area contributed by atoms with Crippen molar-refractivity contribution in [1.29, 1.82) is 0 Å². The van der Waals surface area contributed by atoms with Crippen molar-refractivity contribution in [2.75, 3.05) is 38.6 Å². The second kappa shape index (κ2) is 10.5. The third-order valence-electron chi connectivity index (χ3n) is 5.71. The topological polar surface area (TPSA) is 125 Å². The lowest BCUT2D eigenvalue weighted by Gasteiger charge is -2.19. The minimum absolute atomic E-state index is 0.0119. The Balaban J connectivity index is 1.46. The van der Waals surface area contributed by atoms with Gasteiger partial charge in [0.25, 0.3) is 5.56 Å². The molecule has 186 valence electrons. The van der Waals surface area contributed by atoms with Gasteiger partial charge in [-0.25, -0.2) is 13.4 Å². The molecule has 0 saturated carbocycles. The van der Waals surface area contributed by atoms with Gasteiger partial charge in [-0.05, 0) is 57.1 Å². The van der Waals surface area contributed by atoms with Crippen LogP contribution in [0.4, 0.5) is 5.69 Å². The first-order valence-electron chi connectivity index (χ1n) is 11.5. The molecule has 0 spiro atoms. The largest absolute Gasteiger partial charge is 0.492 e. The van der Waals surface area contributed by atoms with Crippen molar-refractivity contribution in [3.8, 4) is 5.75 Å². The molecule has 0 bridgehead atoms. The summed E-state index contributed by atoms with van der Waals surface area (Å²) < 4.78 is 33.3. The van der Waals surface area contributed by atoms with Crippen LogP contribution in [-0.2, 0) is 21.4 Å². The minimum atomic E-state index is -3.73. The van der Waals surface area contributed by atoms with Crippen LogP contribution in [0.25, 0.3) is 10.9 Å². The predicted molar refractivity (Wildman–Crippen MR) is 133 cm³/mol. The number of amides is 1. The minimum Gasteiger partial charge on any atom is -0.492 e. The summed E-state index contributed by atoms with van der Waals surface area (Å²) in [4.78, 5) is 33.9. The summed E-state index contributed by atoms with van der Waals surface area (Å²) >= 11 is 0. The van der Waals surface area contributed by atoms with E-state index in [1.165, 1.54) is 10.4 Å². The molecule has 0 atom stereocenters. The van der Waals surface area contributed by atoms with Gasteiger partial charge >= 0.3 is 0 Å². The zero-order valence-corrected chi connectivity index (χ0v) is 20.6. The van der Waals surface area contributed by atoms with Gasteiger partial charge in [0, 0.05) is 18.8 Å². The lowest BCUT2D eigenvalue weighted by Crippen LogP contribution is -2.31. The monoisotopic (exact) mass is 499 g/mol. The third-order valence-corrected chi connectivity index (χ3v) is 7.63. The van der Waals surface area contributed by atoms with Crippen molar-refractivity contribution in [3.63, 3.8) is 0 Å². The van der Waals surface area contributed by atoms with Gasteiger partial charge in [0.15, 0.2) is 0 Å². The van der Waals surface area contributed by atoms with Crippen LogP contribution in [0.15, 0.2) is 52.2 Å². The van der Waals surface area contributed by atoms with Gasteiger partial charge in [-0.2, -0.15) is 4.31 Å². The first-order valence-corrected chi connectivity index (χ1v) is 13.0. The SMILES string of the molecule is CCOc1ccc(NC(=O)CN(C)Cc2nc3ccccc3c(=O)[nH]2)cc1S(=O)(=O)N1CCCC1. The van der Waals surface area contributed by atoms with Gasteiger partial charge in [0.1, 0.15) is 16.5 Å². The molecule has 3 aromatic rings. The Kier molecular flexibility index (Phi) is 7.48. The number of nitrogens with zero attached hydrogens (tertiary/aromatic N) is 3. The summed E-state index contributed by atoms with van der Waals surface area (Å²) in [6.07, 6.45) is 1.65. The number of anilines is 1. The highest BCUT2D eigenvalue weighted by Gasteiger charge is 2.30. The van der Waals surface area contributed by atoms with Crippen molar-refractivity contribution in [3.05, 3.63) is 58.6 Å². The molecule has 0 radical (unpaired) electrons. The quantitative estimate of drug-likeness (QED) is 0.462. The number of ether oxygens (including phenoxy) is 1. The average molecular weight is 500 g/mol. The number of fused-ring (bicyclic) bond motifs is 1. The van der Waals surface area contributed by atoms with Crippen LogP contribution < -0.4 is 15.6 Å². The van der Waals surface area contributed by atoms with E-state index in [4.69, 9.17) is 4.74 Å². The Bertz CT molecular complexity index is 1380. The number of aromatic nitrogens is 2. The number of benzene rings is 2. The highest BCUT2D eigenvalue weighted by molar-refractivity contribution is 7.89. The van der Waals surface area contributed by atoms with E-state index >= 15 is 0 Å². The van der Waals surface area contributed by atoms with E-state index in [2.05, 4.69) is 15.3 Å². The zero-order valence-electron chi connectivity index (χ0n) is 19.8. The van der Waals surface area contributed by atoms with E-state index in [1.807, 2.05) is 6.07 Å². The number of likely N-dealkylation sites (N-methyl/N-ethyl adjacent to an activating group) is 1. The molecule has 1 aliphatic heterocycles. The first kappa shape index (κ1) is 24.8. The van der Waals surface area contributed by atoms with Crippen LogP contribution in [0.1, 0.15) is 25.6 Å². The standard InChI is InChI=1S/C24H29N5O5S/c1-3-34-20-11-10-17(14-21(20)35(32,33)29-12-6-7-13-29)25-23(30)16-28(2)15-22-26-19-9-5-4-8-18(19)24(31)27-22/h4-5,8-11,14H,3,6-7,12-13,15-16H2,1-2H3,(H,25,30)(H,26,27,31). The molecule has 0 aliphatic carbocycles. The van der Waals surface area contributed by atoms with Gasteiger partial charge in [0.05, 0.1) is 30.6 Å². The molecule has 11 heteroatoms. The lowest BCUT2D eigenvalue weighted by molar-refractivity contribution is -0.117.